The number of ketones is 1. The van der Waals surface area contributed by atoms with Crippen LogP contribution >= 0.6 is 11.8 Å². The third-order valence-electron chi connectivity index (χ3n) is 5.66. The molecule has 2 aliphatic rings. The molecule has 0 saturated carbocycles. The van der Waals surface area contributed by atoms with Gasteiger partial charge >= 0.3 is 0 Å². The maximum absolute atomic E-state index is 12.7. The van der Waals surface area contributed by atoms with Crippen LogP contribution in [0.2, 0.25) is 0 Å². The van der Waals surface area contributed by atoms with Crippen LogP contribution in [-0.2, 0) is 11.3 Å². The van der Waals surface area contributed by atoms with Crippen molar-refractivity contribution in [3.63, 3.8) is 0 Å². The average molecular weight is 401 g/mol. The van der Waals surface area contributed by atoms with Gasteiger partial charge in [-0.25, -0.2) is 0 Å². The quantitative estimate of drug-likeness (QED) is 0.522. The Kier molecular flexibility index (Phi) is 6.01. The number of hydrogen-bond acceptors (Lipinski definition) is 6. The Morgan fingerprint density at radius 3 is 2.71 bits per heavy atom. The molecule has 0 radical (unpaired) electrons. The largest absolute Gasteiger partial charge is 0.376 e. The summed E-state index contributed by atoms with van der Waals surface area (Å²) in [5.41, 5.74) is 3.12. The number of anilines is 1. The standard InChI is InChI=1S/C21H28N4O2S/c1-15-7-8-17(12-16(15)2)19(26)14-28-21-23-22-20(24-9-3-4-10-24)25(21)13-18-6-5-11-27-18/h7-8,12,18H,3-6,9-11,13-14H2,1-2H3. The second kappa shape index (κ2) is 8.66. The Labute approximate surface area is 170 Å². The van der Waals surface area contributed by atoms with Gasteiger partial charge in [0.15, 0.2) is 10.9 Å². The molecular weight excluding hydrogens is 372 g/mol. The van der Waals surface area contributed by atoms with Crippen molar-refractivity contribution in [2.45, 2.75) is 57.3 Å². The summed E-state index contributed by atoms with van der Waals surface area (Å²) in [7, 11) is 0. The number of thioether (sulfide) groups is 1. The molecule has 6 nitrogen and oxygen atoms in total. The minimum Gasteiger partial charge on any atom is -0.376 e. The van der Waals surface area contributed by atoms with Crippen LogP contribution in [0.3, 0.4) is 0 Å². The molecule has 28 heavy (non-hydrogen) atoms. The Bertz CT molecular complexity index is 839. The van der Waals surface area contributed by atoms with Gasteiger partial charge in [0.05, 0.1) is 18.4 Å². The van der Waals surface area contributed by atoms with E-state index in [1.165, 1.54) is 30.2 Å². The SMILES string of the molecule is Cc1ccc(C(=O)CSc2nnc(N3CCCC3)n2CC2CCCO2)cc1C. The highest BCUT2D eigenvalue weighted by Gasteiger charge is 2.25. The van der Waals surface area contributed by atoms with E-state index in [9.17, 15) is 4.79 Å². The molecule has 0 N–H and O–H groups in total. The predicted octanol–water partition coefficient (Wildman–Crippen LogP) is 3.65. The molecule has 1 aromatic heterocycles. The van der Waals surface area contributed by atoms with Gasteiger partial charge < -0.3 is 9.64 Å². The summed E-state index contributed by atoms with van der Waals surface area (Å²) < 4.78 is 8.01. The molecule has 0 spiro atoms. The number of carbonyl (C=O) groups is 1. The molecule has 4 rings (SSSR count). The Balaban J connectivity index is 1.49. The zero-order chi connectivity index (χ0) is 19.5. The van der Waals surface area contributed by atoms with Crippen molar-refractivity contribution < 1.29 is 9.53 Å². The lowest BCUT2D eigenvalue weighted by Gasteiger charge is -2.20. The zero-order valence-corrected chi connectivity index (χ0v) is 17.5. The summed E-state index contributed by atoms with van der Waals surface area (Å²) in [5, 5.41) is 9.71. The van der Waals surface area contributed by atoms with Gasteiger partial charge in [0.25, 0.3) is 0 Å². The summed E-state index contributed by atoms with van der Waals surface area (Å²) in [6, 6.07) is 5.90. The summed E-state index contributed by atoms with van der Waals surface area (Å²) in [4.78, 5) is 15.0. The smallest absolute Gasteiger partial charge is 0.228 e. The van der Waals surface area contributed by atoms with Crippen molar-refractivity contribution in [1.82, 2.24) is 14.8 Å². The Morgan fingerprint density at radius 1 is 1.18 bits per heavy atom. The maximum Gasteiger partial charge on any atom is 0.228 e. The normalized spacial score (nSPS) is 19.5. The van der Waals surface area contributed by atoms with Crippen LogP contribution in [0.5, 0.6) is 0 Å². The zero-order valence-electron chi connectivity index (χ0n) is 16.7. The van der Waals surface area contributed by atoms with E-state index in [1.54, 1.807) is 0 Å². The van der Waals surface area contributed by atoms with Crippen LogP contribution in [0, 0.1) is 13.8 Å². The second-order valence-corrected chi connectivity index (χ2v) is 8.68. The lowest BCUT2D eigenvalue weighted by Crippen LogP contribution is -2.25. The molecule has 2 aromatic rings. The van der Waals surface area contributed by atoms with Crippen molar-refractivity contribution in [2.75, 3.05) is 30.3 Å². The van der Waals surface area contributed by atoms with Gasteiger partial charge in [-0.2, -0.15) is 0 Å². The van der Waals surface area contributed by atoms with Crippen molar-refractivity contribution in [1.29, 1.82) is 0 Å². The molecule has 2 saturated heterocycles. The highest BCUT2D eigenvalue weighted by Crippen LogP contribution is 2.27. The first kappa shape index (κ1) is 19.5. The summed E-state index contributed by atoms with van der Waals surface area (Å²) in [6.07, 6.45) is 4.79. The number of rotatable bonds is 7. The van der Waals surface area contributed by atoms with Gasteiger partial charge in [0, 0.05) is 25.3 Å². The van der Waals surface area contributed by atoms with Crippen molar-refractivity contribution in [2.24, 2.45) is 0 Å². The average Bonchev–Trinajstić information content (AvgIpc) is 3.44. The van der Waals surface area contributed by atoms with Gasteiger partial charge in [-0.15, -0.1) is 10.2 Å². The first-order valence-corrected chi connectivity index (χ1v) is 11.1. The van der Waals surface area contributed by atoms with Crippen molar-refractivity contribution in [3.8, 4) is 0 Å². The minimum absolute atomic E-state index is 0.127. The fourth-order valence-corrected chi connectivity index (χ4v) is 4.66. The molecule has 2 fully saturated rings. The van der Waals surface area contributed by atoms with E-state index in [0.717, 1.165) is 61.3 Å². The number of hydrogen-bond donors (Lipinski definition) is 0. The molecule has 7 heteroatoms. The molecule has 0 bridgehead atoms. The van der Waals surface area contributed by atoms with Gasteiger partial charge in [-0.05, 0) is 56.7 Å². The molecule has 150 valence electrons. The maximum atomic E-state index is 12.7. The van der Waals surface area contributed by atoms with E-state index in [0.29, 0.717) is 5.75 Å². The highest BCUT2D eigenvalue weighted by atomic mass is 32.2. The van der Waals surface area contributed by atoms with E-state index in [-0.39, 0.29) is 11.9 Å². The molecule has 0 aliphatic carbocycles. The highest BCUT2D eigenvalue weighted by molar-refractivity contribution is 7.99. The number of carbonyl (C=O) groups excluding carboxylic acids is 1. The van der Waals surface area contributed by atoms with Crippen molar-refractivity contribution in [3.05, 3.63) is 34.9 Å². The molecule has 3 heterocycles. The lowest BCUT2D eigenvalue weighted by molar-refractivity contribution is 0.0952. The van der Waals surface area contributed by atoms with E-state index in [1.807, 2.05) is 25.1 Å². The van der Waals surface area contributed by atoms with Crippen LogP contribution in [0.4, 0.5) is 5.95 Å². The molecule has 2 aliphatic heterocycles. The number of benzene rings is 1. The van der Waals surface area contributed by atoms with E-state index < -0.39 is 0 Å². The molecule has 1 atom stereocenters. The van der Waals surface area contributed by atoms with Gasteiger partial charge in [0.2, 0.25) is 5.95 Å². The summed E-state index contributed by atoms with van der Waals surface area (Å²) >= 11 is 1.48. The molecule has 1 aromatic carbocycles. The van der Waals surface area contributed by atoms with Crippen LogP contribution < -0.4 is 4.90 Å². The van der Waals surface area contributed by atoms with Crippen LogP contribution in [0.25, 0.3) is 0 Å². The van der Waals surface area contributed by atoms with Crippen LogP contribution in [0.1, 0.15) is 47.2 Å². The third-order valence-corrected chi connectivity index (χ3v) is 6.62. The first-order chi connectivity index (χ1) is 13.6. The fourth-order valence-electron chi connectivity index (χ4n) is 3.82. The number of ether oxygens (including phenoxy) is 1. The lowest BCUT2D eigenvalue weighted by atomic mass is 10.0. The Morgan fingerprint density at radius 2 is 2.00 bits per heavy atom. The van der Waals surface area contributed by atoms with E-state index in [4.69, 9.17) is 4.74 Å². The number of aryl methyl sites for hydroxylation is 2. The number of nitrogens with zero attached hydrogens (tertiary/aromatic N) is 4. The number of Topliss-reactive ketones (excluding diaryl/α,β-unsaturated/α-hetero) is 1. The third kappa shape index (κ3) is 4.25. The van der Waals surface area contributed by atoms with Gasteiger partial charge in [-0.1, -0.05) is 23.9 Å². The van der Waals surface area contributed by atoms with Gasteiger partial charge in [-0.3, -0.25) is 9.36 Å². The van der Waals surface area contributed by atoms with Gasteiger partial charge in [0.1, 0.15) is 0 Å². The van der Waals surface area contributed by atoms with E-state index in [2.05, 4.69) is 26.6 Å². The van der Waals surface area contributed by atoms with Crippen molar-refractivity contribution >= 4 is 23.5 Å². The predicted molar refractivity (Wildman–Crippen MR) is 111 cm³/mol. The molecule has 1 unspecified atom stereocenters. The van der Waals surface area contributed by atoms with E-state index >= 15 is 0 Å². The van der Waals surface area contributed by atoms with Crippen LogP contribution in [-0.4, -0.2) is 52.1 Å². The topological polar surface area (TPSA) is 60.2 Å². The first-order valence-electron chi connectivity index (χ1n) is 10.1. The Hall–Kier alpha value is -1.86. The van der Waals surface area contributed by atoms with Crippen LogP contribution in [0.15, 0.2) is 23.4 Å². The minimum atomic E-state index is 0.127. The second-order valence-electron chi connectivity index (χ2n) is 7.73. The monoisotopic (exact) mass is 400 g/mol. The summed E-state index contributed by atoms with van der Waals surface area (Å²) in [5.74, 6) is 1.42. The fraction of sp³-hybridized carbons (Fsp3) is 0.571. The number of aromatic nitrogens is 3. The summed E-state index contributed by atoms with van der Waals surface area (Å²) in [6.45, 7) is 7.75. The molecular formula is C21H28N4O2S. The molecule has 0 amide bonds.